The van der Waals surface area contributed by atoms with E-state index in [0.717, 1.165) is 55.4 Å². The summed E-state index contributed by atoms with van der Waals surface area (Å²) in [5, 5.41) is 12.1. The molecule has 0 aromatic carbocycles. The van der Waals surface area contributed by atoms with Crippen molar-refractivity contribution in [1.29, 1.82) is 0 Å². The number of nitrogens with one attached hydrogen (secondary N) is 1. The highest BCUT2D eigenvalue weighted by Crippen LogP contribution is 2.22. The van der Waals surface area contributed by atoms with Crippen LogP contribution in [0.25, 0.3) is 0 Å². The minimum absolute atomic E-state index is 0.278. The maximum Gasteiger partial charge on any atom is 0.137 e. The van der Waals surface area contributed by atoms with E-state index in [0.29, 0.717) is 0 Å². The maximum absolute atomic E-state index is 8.78. The Morgan fingerprint density at radius 3 is 2.53 bits per heavy atom. The minimum atomic E-state index is 0.278. The Bertz CT molecular complexity index is 395. The van der Waals surface area contributed by atoms with Crippen molar-refractivity contribution in [3.8, 4) is 0 Å². The number of anilines is 2. The lowest BCUT2D eigenvalue weighted by atomic mass is 10.2. The molecule has 0 radical (unpaired) electrons. The van der Waals surface area contributed by atoms with Crippen LogP contribution in [-0.2, 0) is 0 Å². The van der Waals surface area contributed by atoms with E-state index in [1.807, 2.05) is 6.92 Å². The van der Waals surface area contributed by atoms with E-state index in [1.165, 1.54) is 0 Å². The lowest BCUT2D eigenvalue weighted by Crippen LogP contribution is -2.22. The second-order valence-electron chi connectivity index (χ2n) is 4.80. The fourth-order valence-electron chi connectivity index (χ4n) is 2.07. The van der Waals surface area contributed by atoms with Crippen LogP contribution in [0.2, 0.25) is 0 Å². The zero-order valence-electron chi connectivity index (χ0n) is 12.5. The van der Waals surface area contributed by atoms with Crippen LogP contribution in [-0.4, -0.2) is 41.8 Å². The first-order chi connectivity index (χ1) is 9.10. The number of hydrogen-bond acceptors (Lipinski definition) is 5. The predicted molar refractivity (Wildman–Crippen MR) is 79.9 cm³/mol. The summed E-state index contributed by atoms with van der Waals surface area (Å²) < 4.78 is 0. The zero-order chi connectivity index (χ0) is 14.3. The van der Waals surface area contributed by atoms with E-state index in [9.17, 15) is 0 Å². The molecular formula is C14H26N4O. The summed E-state index contributed by atoms with van der Waals surface area (Å²) in [7, 11) is 2.06. The molecule has 0 spiro atoms. The van der Waals surface area contributed by atoms with Crippen molar-refractivity contribution in [3.63, 3.8) is 0 Å². The van der Waals surface area contributed by atoms with Gasteiger partial charge in [-0.2, -0.15) is 0 Å². The van der Waals surface area contributed by atoms with Gasteiger partial charge in [0.1, 0.15) is 17.5 Å². The van der Waals surface area contributed by atoms with Crippen molar-refractivity contribution in [2.75, 3.05) is 37.0 Å². The first-order valence-electron chi connectivity index (χ1n) is 7.01. The lowest BCUT2D eigenvalue weighted by molar-refractivity contribution is 0.283. The summed E-state index contributed by atoms with van der Waals surface area (Å²) in [4.78, 5) is 11.1. The molecule has 0 unspecified atom stereocenters. The zero-order valence-corrected chi connectivity index (χ0v) is 12.5. The molecule has 0 saturated carbocycles. The Morgan fingerprint density at radius 1 is 1.16 bits per heavy atom. The number of aliphatic hydroxyl groups is 1. The third-order valence-electron chi connectivity index (χ3n) is 3.09. The first kappa shape index (κ1) is 15.7. The largest absolute Gasteiger partial charge is 0.396 e. The fourth-order valence-corrected chi connectivity index (χ4v) is 2.07. The van der Waals surface area contributed by atoms with Gasteiger partial charge in [-0.05, 0) is 40.0 Å². The molecule has 0 fully saturated rings. The van der Waals surface area contributed by atoms with Crippen molar-refractivity contribution in [3.05, 3.63) is 11.4 Å². The van der Waals surface area contributed by atoms with Crippen LogP contribution in [0, 0.1) is 13.8 Å². The molecule has 108 valence electrons. The van der Waals surface area contributed by atoms with Crippen LogP contribution in [0.15, 0.2) is 0 Å². The first-order valence-corrected chi connectivity index (χ1v) is 7.01. The van der Waals surface area contributed by atoms with Crippen molar-refractivity contribution in [1.82, 2.24) is 9.97 Å². The molecule has 1 aromatic rings. The number of hydrogen-bond donors (Lipinski definition) is 2. The van der Waals surface area contributed by atoms with E-state index in [-0.39, 0.29) is 6.61 Å². The number of aromatic nitrogens is 2. The molecular weight excluding hydrogens is 240 g/mol. The van der Waals surface area contributed by atoms with Crippen molar-refractivity contribution < 1.29 is 5.11 Å². The summed E-state index contributed by atoms with van der Waals surface area (Å²) in [6, 6.07) is 0. The van der Waals surface area contributed by atoms with Gasteiger partial charge in [-0.3, -0.25) is 0 Å². The van der Waals surface area contributed by atoms with Gasteiger partial charge in [0.2, 0.25) is 0 Å². The molecule has 1 heterocycles. The average Bonchev–Trinajstić information content (AvgIpc) is 2.38. The van der Waals surface area contributed by atoms with Gasteiger partial charge in [0.05, 0.1) is 0 Å². The van der Waals surface area contributed by atoms with Gasteiger partial charge in [-0.25, -0.2) is 9.97 Å². The topological polar surface area (TPSA) is 61.3 Å². The SMILES string of the molecule is CCNc1nc(C)nc(N(C)CCCCCO)c1C. The standard InChI is InChI=1S/C14H26N4O/c1-5-15-13-11(2)14(17-12(3)16-13)18(4)9-7-6-8-10-19/h19H,5-10H2,1-4H3,(H,15,16,17). The average molecular weight is 266 g/mol. The fraction of sp³-hybridized carbons (Fsp3) is 0.714. The molecule has 1 aromatic heterocycles. The number of unbranched alkanes of at least 4 members (excludes halogenated alkanes) is 2. The van der Waals surface area contributed by atoms with Crippen LogP contribution >= 0.6 is 0 Å². The highest BCUT2D eigenvalue weighted by atomic mass is 16.2. The van der Waals surface area contributed by atoms with E-state index in [4.69, 9.17) is 5.11 Å². The highest BCUT2D eigenvalue weighted by molar-refractivity contribution is 5.58. The third-order valence-corrected chi connectivity index (χ3v) is 3.09. The molecule has 19 heavy (non-hydrogen) atoms. The highest BCUT2D eigenvalue weighted by Gasteiger charge is 2.12. The van der Waals surface area contributed by atoms with E-state index in [1.54, 1.807) is 0 Å². The maximum atomic E-state index is 8.78. The van der Waals surface area contributed by atoms with Crippen LogP contribution in [0.1, 0.15) is 37.6 Å². The summed E-state index contributed by atoms with van der Waals surface area (Å²) >= 11 is 0. The summed E-state index contributed by atoms with van der Waals surface area (Å²) in [6.07, 6.45) is 2.98. The molecule has 0 saturated heterocycles. The lowest BCUT2D eigenvalue weighted by Gasteiger charge is -2.22. The Kier molecular flexibility index (Phi) is 6.56. The quantitative estimate of drug-likeness (QED) is 0.706. The molecule has 0 atom stereocenters. The van der Waals surface area contributed by atoms with Gasteiger partial charge in [-0.1, -0.05) is 0 Å². The summed E-state index contributed by atoms with van der Waals surface area (Å²) in [5.74, 6) is 2.71. The monoisotopic (exact) mass is 266 g/mol. The predicted octanol–water partition coefficient (Wildman–Crippen LogP) is 2.12. The van der Waals surface area contributed by atoms with Gasteiger partial charge in [0, 0.05) is 32.3 Å². The minimum Gasteiger partial charge on any atom is -0.396 e. The number of aryl methyl sites for hydroxylation is 1. The van der Waals surface area contributed by atoms with Crippen molar-refractivity contribution >= 4 is 11.6 Å². The van der Waals surface area contributed by atoms with Crippen LogP contribution in [0.5, 0.6) is 0 Å². The van der Waals surface area contributed by atoms with Crippen molar-refractivity contribution in [2.24, 2.45) is 0 Å². The van der Waals surface area contributed by atoms with Gasteiger partial charge < -0.3 is 15.3 Å². The summed E-state index contributed by atoms with van der Waals surface area (Å²) in [6.45, 7) is 8.12. The molecule has 2 N–H and O–H groups in total. The smallest absolute Gasteiger partial charge is 0.137 e. The molecule has 0 aliphatic heterocycles. The molecule has 5 nitrogen and oxygen atoms in total. The Hall–Kier alpha value is -1.36. The molecule has 0 amide bonds. The number of nitrogens with zero attached hydrogens (tertiary/aromatic N) is 3. The molecule has 1 rings (SSSR count). The van der Waals surface area contributed by atoms with Gasteiger partial charge in [0.25, 0.3) is 0 Å². The van der Waals surface area contributed by atoms with Gasteiger partial charge in [-0.15, -0.1) is 0 Å². The molecule has 0 aliphatic rings. The second-order valence-corrected chi connectivity index (χ2v) is 4.80. The molecule has 0 aliphatic carbocycles. The van der Waals surface area contributed by atoms with Crippen LogP contribution in [0.3, 0.4) is 0 Å². The van der Waals surface area contributed by atoms with Gasteiger partial charge in [0.15, 0.2) is 0 Å². The second kappa shape index (κ2) is 7.94. The van der Waals surface area contributed by atoms with E-state index < -0.39 is 0 Å². The van der Waals surface area contributed by atoms with Crippen LogP contribution in [0.4, 0.5) is 11.6 Å². The Labute approximate surface area is 116 Å². The molecule has 5 heteroatoms. The summed E-state index contributed by atoms with van der Waals surface area (Å²) in [5.41, 5.74) is 1.09. The third kappa shape index (κ3) is 4.67. The van der Waals surface area contributed by atoms with Crippen molar-refractivity contribution in [2.45, 2.75) is 40.0 Å². The Balaban J connectivity index is 2.75. The molecule has 0 bridgehead atoms. The van der Waals surface area contributed by atoms with E-state index in [2.05, 4.69) is 41.1 Å². The number of aliphatic hydroxyl groups excluding tert-OH is 1. The van der Waals surface area contributed by atoms with Gasteiger partial charge >= 0.3 is 0 Å². The normalized spacial score (nSPS) is 10.6. The van der Waals surface area contributed by atoms with E-state index >= 15 is 0 Å². The number of rotatable bonds is 8. The Morgan fingerprint density at radius 2 is 1.89 bits per heavy atom. The van der Waals surface area contributed by atoms with Crippen LogP contribution < -0.4 is 10.2 Å².